The smallest absolute Gasteiger partial charge is 0.261 e. The van der Waals surface area contributed by atoms with E-state index in [2.05, 4.69) is 11.4 Å². The van der Waals surface area contributed by atoms with Crippen LogP contribution < -0.4 is 10.1 Å². The minimum Gasteiger partial charge on any atom is -0.478 e. The largest absolute Gasteiger partial charge is 0.478 e. The summed E-state index contributed by atoms with van der Waals surface area (Å²) >= 11 is 0. The van der Waals surface area contributed by atoms with E-state index < -0.39 is 11.9 Å². The third-order valence-corrected chi connectivity index (χ3v) is 4.03. The molecule has 4 heteroatoms. The lowest BCUT2D eigenvalue weighted by atomic mass is 10.00. The van der Waals surface area contributed by atoms with Crippen molar-refractivity contribution in [1.29, 1.82) is 0 Å². The molecule has 0 spiro atoms. The highest BCUT2D eigenvalue weighted by atomic mass is 19.1. The second-order valence-corrected chi connectivity index (χ2v) is 6.04. The third kappa shape index (κ3) is 4.34. The van der Waals surface area contributed by atoms with Gasteiger partial charge in [0.1, 0.15) is 0 Å². The number of carbonyl (C=O) groups is 1. The first-order valence-corrected chi connectivity index (χ1v) is 8.21. The summed E-state index contributed by atoms with van der Waals surface area (Å²) in [5.41, 5.74) is 3.34. The second kappa shape index (κ2) is 7.95. The number of rotatable bonds is 6. The van der Waals surface area contributed by atoms with Crippen LogP contribution in [-0.4, -0.2) is 12.0 Å². The van der Waals surface area contributed by atoms with Crippen molar-refractivity contribution in [2.75, 3.05) is 0 Å². The monoisotopic (exact) mass is 329 g/mol. The minimum atomic E-state index is -0.727. The van der Waals surface area contributed by atoms with Crippen LogP contribution in [0.4, 0.5) is 4.39 Å². The topological polar surface area (TPSA) is 38.3 Å². The van der Waals surface area contributed by atoms with Gasteiger partial charge in [-0.1, -0.05) is 42.8 Å². The van der Waals surface area contributed by atoms with Gasteiger partial charge in [0.05, 0.1) is 6.04 Å². The second-order valence-electron chi connectivity index (χ2n) is 6.04. The van der Waals surface area contributed by atoms with E-state index in [1.807, 2.05) is 39.8 Å². The van der Waals surface area contributed by atoms with Gasteiger partial charge in [-0.3, -0.25) is 4.79 Å². The summed E-state index contributed by atoms with van der Waals surface area (Å²) in [6, 6.07) is 12.1. The van der Waals surface area contributed by atoms with E-state index in [4.69, 9.17) is 4.74 Å². The number of nitrogens with one attached hydrogen (secondary N) is 1. The fourth-order valence-electron chi connectivity index (χ4n) is 2.63. The predicted molar refractivity (Wildman–Crippen MR) is 93.6 cm³/mol. The average molecular weight is 329 g/mol. The lowest BCUT2D eigenvalue weighted by Crippen LogP contribution is -2.39. The third-order valence-electron chi connectivity index (χ3n) is 4.03. The van der Waals surface area contributed by atoms with Gasteiger partial charge in [0.25, 0.3) is 5.91 Å². The Balaban J connectivity index is 2.09. The lowest BCUT2D eigenvalue weighted by Gasteiger charge is -2.22. The molecule has 1 amide bonds. The predicted octanol–water partition coefficient (Wildman–Crippen LogP) is 4.48. The number of halogens is 1. The number of amides is 1. The molecule has 128 valence electrons. The van der Waals surface area contributed by atoms with Gasteiger partial charge in [-0.15, -0.1) is 0 Å². The van der Waals surface area contributed by atoms with Crippen molar-refractivity contribution in [2.24, 2.45) is 0 Å². The van der Waals surface area contributed by atoms with E-state index in [1.165, 1.54) is 12.1 Å². The molecule has 3 nitrogen and oxygen atoms in total. The SMILES string of the molecule is CC[C@@H](Oc1ccccc1F)C(=O)N[C@H](C)c1cc(C)ccc1C. The zero-order valence-electron chi connectivity index (χ0n) is 14.6. The zero-order valence-corrected chi connectivity index (χ0v) is 14.6. The van der Waals surface area contributed by atoms with Crippen molar-refractivity contribution in [2.45, 2.75) is 46.3 Å². The molecule has 0 aliphatic heterocycles. The molecule has 0 aliphatic rings. The van der Waals surface area contributed by atoms with E-state index in [-0.39, 0.29) is 17.7 Å². The van der Waals surface area contributed by atoms with Crippen LogP contribution in [0.1, 0.15) is 43.0 Å². The molecule has 2 atom stereocenters. The van der Waals surface area contributed by atoms with E-state index >= 15 is 0 Å². The molecule has 0 bridgehead atoms. The summed E-state index contributed by atoms with van der Waals surface area (Å²) in [5.74, 6) is -0.612. The average Bonchev–Trinajstić information content (AvgIpc) is 2.56. The molecule has 0 saturated carbocycles. The van der Waals surface area contributed by atoms with Crippen molar-refractivity contribution < 1.29 is 13.9 Å². The molecule has 2 aromatic carbocycles. The van der Waals surface area contributed by atoms with Gasteiger partial charge in [0, 0.05) is 0 Å². The highest BCUT2D eigenvalue weighted by molar-refractivity contribution is 5.81. The Hall–Kier alpha value is -2.36. The van der Waals surface area contributed by atoms with Crippen molar-refractivity contribution in [3.8, 4) is 5.75 Å². The van der Waals surface area contributed by atoms with E-state index in [1.54, 1.807) is 12.1 Å². The number of aryl methyl sites for hydroxylation is 2. The Labute approximate surface area is 142 Å². The van der Waals surface area contributed by atoms with Crippen LogP contribution in [0.5, 0.6) is 5.75 Å². The van der Waals surface area contributed by atoms with Crippen molar-refractivity contribution >= 4 is 5.91 Å². The Kier molecular flexibility index (Phi) is 5.96. The molecular formula is C20H24FNO2. The van der Waals surface area contributed by atoms with Crippen LogP contribution >= 0.6 is 0 Å². The van der Waals surface area contributed by atoms with Crippen LogP contribution in [0.3, 0.4) is 0 Å². The maximum absolute atomic E-state index is 13.7. The van der Waals surface area contributed by atoms with Crippen LogP contribution in [0, 0.1) is 19.7 Å². The van der Waals surface area contributed by atoms with Crippen molar-refractivity contribution in [3.63, 3.8) is 0 Å². The van der Waals surface area contributed by atoms with Gasteiger partial charge in [0.2, 0.25) is 0 Å². The van der Waals surface area contributed by atoms with Crippen LogP contribution in [-0.2, 0) is 4.79 Å². The van der Waals surface area contributed by atoms with Crippen molar-refractivity contribution in [3.05, 3.63) is 65.0 Å². The van der Waals surface area contributed by atoms with Gasteiger partial charge in [-0.2, -0.15) is 0 Å². The van der Waals surface area contributed by atoms with Gasteiger partial charge in [0.15, 0.2) is 17.7 Å². The first-order chi connectivity index (χ1) is 11.4. The van der Waals surface area contributed by atoms with Crippen LogP contribution in [0.2, 0.25) is 0 Å². The van der Waals surface area contributed by atoms with E-state index in [9.17, 15) is 9.18 Å². The molecule has 0 fully saturated rings. The first kappa shape index (κ1) is 18.0. The number of hydrogen-bond donors (Lipinski definition) is 1. The summed E-state index contributed by atoms with van der Waals surface area (Å²) in [4.78, 5) is 12.5. The van der Waals surface area contributed by atoms with Gasteiger partial charge in [-0.25, -0.2) is 4.39 Å². The Morgan fingerprint density at radius 2 is 1.92 bits per heavy atom. The minimum absolute atomic E-state index is 0.0962. The summed E-state index contributed by atoms with van der Waals surface area (Å²) in [5, 5.41) is 2.97. The van der Waals surface area contributed by atoms with E-state index in [0.29, 0.717) is 6.42 Å². The highest BCUT2D eigenvalue weighted by Crippen LogP contribution is 2.21. The van der Waals surface area contributed by atoms with Crippen LogP contribution in [0.15, 0.2) is 42.5 Å². The molecule has 0 saturated heterocycles. The molecule has 0 aromatic heterocycles. The highest BCUT2D eigenvalue weighted by Gasteiger charge is 2.22. The molecule has 24 heavy (non-hydrogen) atoms. The summed E-state index contributed by atoms with van der Waals surface area (Å²) in [6.07, 6.45) is -0.269. The molecular weight excluding hydrogens is 305 g/mol. The zero-order chi connectivity index (χ0) is 17.7. The van der Waals surface area contributed by atoms with Crippen LogP contribution in [0.25, 0.3) is 0 Å². The maximum atomic E-state index is 13.7. The fourth-order valence-corrected chi connectivity index (χ4v) is 2.63. The first-order valence-electron chi connectivity index (χ1n) is 8.21. The number of ether oxygens (including phenoxy) is 1. The van der Waals surface area contributed by atoms with Gasteiger partial charge in [-0.05, 0) is 50.5 Å². The molecule has 2 aromatic rings. The lowest BCUT2D eigenvalue weighted by molar-refractivity contribution is -0.128. The molecule has 0 unspecified atom stereocenters. The molecule has 0 heterocycles. The van der Waals surface area contributed by atoms with Gasteiger partial charge >= 0.3 is 0 Å². The molecule has 0 aliphatic carbocycles. The Bertz CT molecular complexity index is 715. The quantitative estimate of drug-likeness (QED) is 0.849. The van der Waals surface area contributed by atoms with Crippen molar-refractivity contribution in [1.82, 2.24) is 5.32 Å². The molecule has 1 N–H and O–H groups in total. The number of carbonyl (C=O) groups excluding carboxylic acids is 1. The standard InChI is InChI=1S/C20H24FNO2/c1-5-18(24-19-9-7-6-8-17(19)21)20(23)22-15(4)16-12-13(2)10-11-14(16)3/h6-12,15,18H,5H2,1-4H3,(H,22,23)/t15-,18-/m1/s1. The normalized spacial score (nSPS) is 13.2. The fraction of sp³-hybridized carbons (Fsp3) is 0.350. The number of benzene rings is 2. The summed E-state index contributed by atoms with van der Waals surface area (Å²) in [6.45, 7) is 7.82. The molecule has 2 rings (SSSR count). The Morgan fingerprint density at radius 3 is 2.58 bits per heavy atom. The Morgan fingerprint density at radius 1 is 1.21 bits per heavy atom. The van der Waals surface area contributed by atoms with Gasteiger partial charge < -0.3 is 10.1 Å². The summed E-state index contributed by atoms with van der Waals surface area (Å²) < 4.78 is 19.3. The number of hydrogen-bond acceptors (Lipinski definition) is 2. The maximum Gasteiger partial charge on any atom is 0.261 e. The van der Waals surface area contributed by atoms with E-state index in [0.717, 1.165) is 16.7 Å². The number of para-hydroxylation sites is 1. The molecule has 0 radical (unpaired) electrons. The summed E-state index contributed by atoms with van der Waals surface area (Å²) in [7, 11) is 0.